The summed E-state index contributed by atoms with van der Waals surface area (Å²) in [5.41, 5.74) is 0.927. The van der Waals surface area contributed by atoms with Gasteiger partial charge in [-0.25, -0.2) is 13.6 Å². The molecule has 2 N–H and O–H groups in total. The number of amides is 1. The first kappa shape index (κ1) is 19.8. The fourth-order valence-corrected chi connectivity index (χ4v) is 3.35. The zero-order valence-corrected chi connectivity index (χ0v) is 15.8. The first-order chi connectivity index (χ1) is 11.7. The van der Waals surface area contributed by atoms with E-state index in [4.69, 9.17) is 9.88 Å². The normalized spacial score (nSPS) is 19.9. The lowest BCUT2D eigenvalue weighted by atomic mass is 10.1. The summed E-state index contributed by atoms with van der Waals surface area (Å²) in [6.07, 6.45) is 1.01. The molecule has 0 radical (unpaired) electrons. The number of nitrogens with two attached hydrogens (primary N) is 1. The Kier molecular flexibility index (Phi) is 6.56. The number of rotatable bonds is 6. The quantitative estimate of drug-likeness (QED) is 0.806. The zero-order chi connectivity index (χ0) is 18.6. The molecule has 0 bridgehead atoms. The summed E-state index contributed by atoms with van der Waals surface area (Å²) in [6, 6.07) is 6.41. The Bertz CT molecular complexity index is 690. The van der Waals surface area contributed by atoms with Crippen LogP contribution in [0.3, 0.4) is 0 Å². The Morgan fingerprint density at radius 2 is 2.04 bits per heavy atom. The van der Waals surface area contributed by atoms with Gasteiger partial charge in [-0.05, 0) is 38.1 Å². The lowest BCUT2D eigenvalue weighted by Gasteiger charge is -2.34. The molecule has 8 heteroatoms. The van der Waals surface area contributed by atoms with Gasteiger partial charge in [0, 0.05) is 19.1 Å². The Labute approximate surface area is 149 Å². The number of primary sulfonamides is 1. The third kappa shape index (κ3) is 5.24. The van der Waals surface area contributed by atoms with Crippen LogP contribution < -0.4 is 5.14 Å². The molecule has 1 aliphatic heterocycles. The molecule has 25 heavy (non-hydrogen) atoms. The molecule has 1 aliphatic rings. The predicted molar refractivity (Wildman–Crippen MR) is 95.5 cm³/mol. The second-order valence-electron chi connectivity index (χ2n) is 6.45. The first-order valence-corrected chi connectivity index (χ1v) is 9.99. The summed E-state index contributed by atoms with van der Waals surface area (Å²) in [4.78, 5) is 16.4. The minimum absolute atomic E-state index is 0.0264. The summed E-state index contributed by atoms with van der Waals surface area (Å²) in [6.45, 7) is 6.18. The van der Waals surface area contributed by atoms with Crippen molar-refractivity contribution in [1.82, 2.24) is 9.80 Å². The molecule has 0 saturated carbocycles. The van der Waals surface area contributed by atoms with E-state index in [1.807, 2.05) is 23.8 Å². The van der Waals surface area contributed by atoms with Gasteiger partial charge in [0.25, 0.3) is 0 Å². The number of sulfonamides is 1. The SMILES string of the molecule is CCC1CN(C(=O)CN(C)C(C)c2ccc(S(N)(=O)=O)cc2)CCO1. The number of hydrogen-bond acceptors (Lipinski definition) is 5. The van der Waals surface area contributed by atoms with Crippen molar-refractivity contribution in [3.8, 4) is 0 Å². The number of carbonyl (C=O) groups excluding carboxylic acids is 1. The van der Waals surface area contributed by atoms with E-state index < -0.39 is 10.0 Å². The van der Waals surface area contributed by atoms with Crippen LogP contribution in [0, 0.1) is 0 Å². The molecule has 1 aromatic rings. The molecule has 1 aromatic carbocycles. The molecule has 2 unspecified atom stereocenters. The van der Waals surface area contributed by atoms with Gasteiger partial charge in [0.2, 0.25) is 15.9 Å². The molecule has 1 heterocycles. The van der Waals surface area contributed by atoms with Crippen LogP contribution in [0.4, 0.5) is 0 Å². The predicted octanol–water partition coefficient (Wildman–Crippen LogP) is 0.964. The van der Waals surface area contributed by atoms with Gasteiger partial charge < -0.3 is 9.64 Å². The standard InChI is InChI=1S/C17H27N3O4S/c1-4-15-11-20(9-10-24-15)17(21)12-19(3)13(2)14-5-7-16(8-6-14)25(18,22)23/h5-8,13,15H,4,9-12H2,1-3H3,(H2,18,22,23). The van der Waals surface area contributed by atoms with E-state index >= 15 is 0 Å². The molecule has 7 nitrogen and oxygen atoms in total. The van der Waals surface area contributed by atoms with E-state index in [1.54, 1.807) is 12.1 Å². The zero-order valence-electron chi connectivity index (χ0n) is 15.0. The number of ether oxygens (including phenoxy) is 1. The number of hydrogen-bond donors (Lipinski definition) is 1. The minimum Gasteiger partial charge on any atom is -0.375 e. The molecular weight excluding hydrogens is 342 g/mol. The monoisotopic (exact) mass is 369 g/mol. The third-order valence-electron chi connectivity index (χ3n) is 4.68. The molecule has 0 aliphatic carbocycles. The van der Waals surface area contributed by atoms with Crippen molar-refractivity contribution in [3.05, 3.63) is 29.8 Å². The summed E-state index contributed by atoms with van der Waals surface area (Å²) < 4.78 is 28.3. The molecule has 2 atom stereocenters. The molecule has 1 fully saturated rings. The van der Waals surface area contributed by atoms with Crippen molar-refractivity contribution >= 4 is 15.9 Å². The van der Waals surface area contributed by atoms with Crippen molar-refractivity contribution in [2.45, 2.75) is 37.3 Å². The molecule has 2 rings (SSSR count). The number of likely N-dealkylation sites (N-methyl/N-ethyl adjacent to an activating group) is 1. The molecule has 0 aromatic heterocycles. The van der Waals surface area contributed by atoms with Gasteiger partial charge in [-0.3, -0.25) is 9.69 Å². The van der Waals surface area contributed by atoms with Crippen LogP contribution >= 0.6 is 0 Å². The maximum atomic E-state index is 12.5. The number of benzene rings is 1. The van der Waals surface area contributed by atoms with E-state index in [1.165, 1.54) is 12.1 Å². The Hall–Kier alpha value is -1.48. The number of carbonyl (C=O) groups is 1. The molecule has 0 spiro atoms. The molecule has 140 valence electrons. The van der Waals surface area contributed by atoms with Gasteiger partial charge in [-0.15, -0.1) is 0 Å². The van der Waals surface area contributed by atoms with Crippen molar-refractivity contribution in [2.24, 2.45) is 5.14 Å². The van der Waals surface area contributed by atoms with Gasteiger partial charge in [0.05, 0.1) is 24.2 Å². The maximum absolute atomic E-state index is 12.5. The van der Waals surface area contributed by atoms with E-state index in [-0.39, 0.29) is 22.9 Å². The van der Waals surface area contributed by atoms with E-state index in [0.29, 0.717) is 26.2 Å². The van der Waals surface area contributed by atoms with Gasteiger partial charge in [0.1, 0.15) is 0 Å². The minimum atomic E-state index is -3.69. The molecular formula is C17H27N3O4S. The van der Waals surface area contributed by atoms with Gasteiger partial charge in [-0.1, -0.05) is 19.1 Å². The van der Waals surface area contributed by atoms with Crippen molar-refractivity contribution < 1.29 is 17.9 Å². The highest BCUT2D eigenvalue weighted by Gasteiger charge is 2.25. The van der Waals surface area contributed by atoms with E-state index in [2.05, 4.69) is 6.92 Å². The largest absolute Gasteiger partial charge is 0.375 e. The third-order valence-corrected chi connectivity index (χ3v) is 5.61. The second-order valence-corrected chi connectivity index (χ2v) is 8.01. The Morgan fingerprint density at radius 1 is 1.40 bits per heavy atom. The highest BCUT2D eigenvalue weighted by Crippen LogP contribution is 2.20. The highest BCUT2D eigenvalue weighted by molar-refractivity contribution is 7.89. The highest BCUT2D eigenvalue weighted by atomic mass is 32.2. The van der Waals surface area contributed by atoms with Crippen molar-refractivity contribution in [2.75, 3.05) is 33.3 Å². The molecule has 1 saturated heterocycles. The van der Waals surface area contributed by atoms with Crippen molar-refractivity contribution in [1.29, 1.82) is 0 Å². The van der Waals surface area contributed by atoms with Crippen LogP contribution in [-0.2, 0) is 19.6 Å². The van der Waals surface area contributed by atoms with Gasteiger partial charge in [-0.2, -0.15) is 0 Å². The van der Waals surface area contributed by atoms with Crippen LogP contribution in [0.2, 0.25) is 0 Å². The summed E-state index contributed by atoms with van der Waals surface area (Å²) in [5, 5.41) is 5.12. The first-order valence-electron chi connectivity index (χ1n) is 8.44. The summed E-state index contributed by atoms with van der Waals surface area (Å²) >= 11 is 0. The lowest BCUT2D eigenvalue weighted by molar-refractivity contribution is -0.140. The van der Waals surface area contributed by atoms with Crippen LogP contribution in [-0.4, -0.2) is 63.5 Å². The van der Waals surface area contributed by atoms with Crippen LogP contribution in [0.25, 0.3) is 0 Å². The Balaban J connectivity index is 1.97. The molecule has 1 amide bonds. The van der Waals surface area contributed by atoms with Gasteiger partial charge >= 0.3 is 0 Å². The van der Waals surface area contributed by atoms with Crippen molar-refractivity contribution in [3.63, 3.8) is 0 Å². The maximum Gasteiger partial charge on any atom is 0.238 e. The summed E-state index contributed by atoms with van der Waals surface area (Å²) in [7, 11) is -1.81. The van der Waals surface area contributed by atoms with E-state index in [0.717, 1.165) is 12.0 Å². The van der Waals surface area contributed by atoms with Crippen LogP contribution in [0.15, 0.2) is 29.2 Å². The fraction of sp³-hybridized carbons (Fsp3) is 0.588. The van der Waals surface area contributed by atoms with Crippen LogP contribution in [0.5, 0.6) is 0 Å². The lowest BCUT2D eigenvalue weighted by Crippen LogP contribution is -2.48. The average molecular weight is 369 g/mol. The topological polar surface area (TPSA) is 92.9 Å². The second kappa shape index (κ2) is 8.27. The van der Waals surface area contributed by atoms with Crippen LogP contribution in [0.1, 0.15) is 31.9 Å². The number of nitrogens with zero attached hydrogens (tertiary/aromatic N) is 2. The van der Waals surface area contributed by atoms with E-state index in [9.17, 15) is 13.2 Å². The average Bonchev–Trinajstić information content (AvgIpc) is 2.60. The Morgan fingerprint density at radius 3 is 2.60 bits per heavy atom. The summed E-state index contributed by atoms with van der Waals surface area (Å²) in [5.74, 6) is 0.0808. The smallest absolute Gasteiger partial charge is 0.238 e. The fourth-order valence-electron chi connectivity index (χ4n) is 2.83. The van der Waals surface area contributed by atoms with Gasteiger partial charge in [0.15, 0.2) is 0 Å². The number of morpholine rings is 1.